The monoisotopic (exact) mass is 372 g/mol. The van der Waals surface area contributed by atoms with Crippen molar-refractivity contribution in [1.82, 2.24) is 10.6 Å². The van der Waals surface area contributed by atoms with Crippen LogP contribution in [0.4, 0.5) is 0 Å². The third-order valence-corrected chi connectivity index (χ3v) is 4.98. The van der Waals surface area contributed by atoms with E-state index in [1.54, 1.807) is 0 Å². The van der Waals surface area contributed by atoms with Crippen molar-refractivity contribution in [2.24, 2.45) is 5.92 Å². The van der Waals surface area contributed by atoms with Crippen LogP contribution in [0.15, 0.2) is 48.5 Å². The molecule has 1 fully saturated rings. The molecule has 26 heavy (non-hydrogen) atoms. The van der Waals surface area contributed by atoms with Crippen LogP contribution >= 0.6 is 12.4 Å². The minimum Gasteiger partial charge on any atom is -0.493 e. The summed E-state index contributed by atoms with van der Waals surface area (Å²) < 4.78 is 5.72. The Kier molecular flexibility index (Phi) is 6.17. The van der Waals surface area contributed by atoms with E-state index in [1.807, 2.05) is 24.3 Å². The van der Waals surface area contributed by atoms with Gasteiger partial charge in [-0.2, -0.15) is 0 Å². The number of benzene rings is 2. The number of hydrogen-bond donors (Lipinski definition) is 2. The maximum atomic E-state index is 12.4. The Balaban J connectivity index is 0.00000196. The predicted octanol–water partition coefficient (Wildman–Crippen LogP) is 3.51. The van der Waals surface area contributed by atoms with Crippen molar-refractivity contribution in [3.63, 3.8) is 0 Å². The predicted molar refractivity (Wildman–Crippen MR) is 105 cm³/mol. The van der Waals surface area contributed by atoms with E-state index < -0.39 is 0 Å². The lowest BCUT2D eigenvalue weighted by Crippen LogP contribution is -2.38. The molecule has 2 N–H and O–H groups in total. The van der Waals surface area contributed by atoms with Crippen LogP contribution < -0.4 is 15.4 Å². The van der Waals surface area contributed by atoms with Gasteiger partial charge in [-0.3, -0.25) is 4.79 Å². The number of amides is 1. The topological polar surface area (TPSA) is 50.4 Å². The van der Waals surface area contributed by atoms with Crippen molar-refractivity contribution in [2.75, 3.05) is 19.7 Å². The van der Waals surface area contributed by atoms with Gasteiger partial charge in [0.1, 0.15) is 5.75 Å². The number of halogens is 1. The minimum absolute atomic E-state index is 0. The van der Waals surface area contributed by atoms with Crippen LogP contribution in [0.2, 0.25) is 0 Å². The highest BCUT2D eigenvalue weighted by Crippen LogP contribution is 2.29. The summed E-state index contributed by atoms with van der Waals surface area (Å²) in [6.07, 6.45) is 3.60. The summed E-state index contributed by atoms with van der Waals surface area (Å²) in [6, 6.07) is 16.1. The molecule has 0 saturated heterocycles. The molecule has 2 aromatic rings. The van der Waals surface area contributed by atoms with Crippen molar-refractivity contribution in [3.8, 4) is 5.75 Å². The number of fused-ring (bicyclic) bond motifs is 1. The Morgan fingerprint density at radius 2 is 1.88 bits per heavy atom. The fourth-order valence-electron chi connectivity index (χ4n) is 3.27. The Morgan fingerprint density at radius 1 is 1.12 bits per heavy atom. The lowest BCUT2D eigenvalue weighted by atomic mass is 9.94. The summed E-state index contributed by atoms with van der Waals surface area (Å²) in [6.45, 7) is 2.33. The quantitative estimate of drug-likeness (QED) is 0.815. The summed E-state index contributed by atoms with van der Waals surface area (Å²) in [5, 5.41) is 6.54. The maximum Gasteiger partial charge on any atom is 0.251 e. The molecule has 2 aromatic carbocycles. The lowest BCUT2D eigenvalue weighted by Gasteiger charge is -2.27. The van der Waals surface area contributed by atoms with Gasteiger partial charge in [0, 0.05) is 18.2 Å². The van der Waals surface area contributed by atoms with Gasteiger partial charge in [-0.1, -0.05) is 24.3 Å². The number of carbonyl (C=O) groups excluding carboxylic acids is 1. The van der Waals surface area contributed by atoms with Gasteiger partial charge in [0.05, 0.1) is 6.61 Å². The molecule has 138 valence electrons. The van der Waals surface area contributed by atoms with Gasteiger partial charge in [0.2, 0.25) is 0 Å². The summed E-state index contributed by atoms with van der Waals surface area (Å²) in [7, 11) is 0. The fourth-order valence-corrected chi connectivity index (χ4v) is 3.27. The molecule has 0 spiro atoms. The first-order valence-electron chi connectivity index (χ1n) is 9.12. The summed E-state index contributed by atoms with van der Waals surface area (Å²) in [5.41, 5.74) is 3.33. The van der Waals surface area contributed by atoms with E-state index in [1.165, 1.54) is 24.0 Å². The minimum atomic E-state index is -0.0430. The van der Waals surface area contributed by atoms with Gasteiger partial charge in [-0.25, -0.2) is 0 Å². The van der Waals surface area contributed by atoms with Crippen molar-refractivity contribution in [3.05, 3.63) is 65.2 Å². The molecule has 1 heterocycles. The molecule has 1 aliphatic heterocycles. The van der Waals surface area contributed by atoms with E-state index in [0.717, 1.165) is 31.2 Å². The zero-order valence-electron chi connectivity index (χ0n) is 14.7. The highest BCUT2D eigenvalue weighted by Gasteiger charge is 2.22. The van der Waals surface area contributed by atoms with Crippen molar-refractivity contribution >= 4 is 18.3 Å². The number of carbonyl (C=O) groups is 1. The lowest BCUT2D eigenvalue weighted by molar-refractivity contribution is 0.0949. The number of hydrogen-bond acceptors (Lipinski definition) is 3. The fraction of sp³-hybridized carbons (Fsp3) is 0.381. The molecular weight excluding hydrogens is 348 g/mol. The average molecular weight is 373 g/mol. The molecule has 0 aromatic heterocycles. The van der Waals surface area contributed by atoms with E-state index in [9.17, 15) is 4.79 Å². The summed E-state index contributed by atoms with van der Waals surface area (Å²) in [5.74, 6) is 1.53. The van der Waals surface area contributed by atoms with E-state index in [4.69, 9.17) is 4.74 Å². The van der Waals surface area contributed by atoms with Crippen molar-refractivity contribution in [2.45, 2.75) is 25.3 Å². The van der Waals surface area contributed by atoms with Crippen molar-refractivity contribution in [1.29, 1.82) is 0 Å². The van der Waals surface area contributed by atoms with E-state index >= 15 is 0 Å². The first-order chi connectivity index (χ1) is 12.3. The first-order valence-corrected chi connectivity index (χ1v) is 9.12. The molecule has 1 amide bonds. The number of nitrogens with one attached hydrogen (secondary N) is 2. The molecule has 5 heteroatoms. The van der Waals surface area contributed by atoms with Crippen LogP contribution in [-0.2, 0) is 6.42 Å². The normalized spacial score (nSPS) is 18.4. The molecule has 1 atom stereocenters. The Morgan fingerprint density at radius 3 is 2.65 bits per heavy atom. The highest BCUT2D eigenvalue weighted by atomic mass is 35.5. The Labute approximate surface area is 160 Å². The molecule has 0 bridgehead atoms. The smallest absolute Gasteiger partial charge is 0.251 e. The number of rotatable bonds is 6. The largest absolute Gasteiger partial charge is 0.493 e. The zero-order valence-corrected chi connectivity index (χ0v) is 15.6. The van der Waals surface area contributed by atoms with Gasteiger partial charge in [0.25, 0.3) is 5.91 Å². The molecule has 0 radical (unpaired) electrons. The maximum absolute atomic E-state index is 12.4. The van der Waals surface area contributed by atoms with Gasteiger partial charge in [-0.15, -0.1) is 12.4 Å². The SMILES string of the molecule is Cl.O=C(NCC1NCCc2ccccc21)c1ccc(OCC2CC2)cc1. The first kappa shape index (κ1) is 18.7. The molecule has 1 aliphatic carbocycles. The van der Waals surface area contributed by atoms with E-state index in [0.29, 0.717) is 12.1 Å². The van der Waals surface area contributed by atoms with Crippen LogP contribution in [0.3, 0.4) is 0 Å². The molecule has 1 saturated carbocycles. The molecular formula is C21H25ClN2O2. The number of ether oxygens (including phenoxy) is 1. The van der Waals surface area contributed by atoms with Gasteiger partial charge in [0.15, 0.2) is 0 Å². The third-order valence-electron chi connectivity index (χ3n) is 4.98. The third kappa shape index (κ3) is 4.57. The molecule has 4 rings (SSSR count). The molecule has 1 unspecified atom stereocenters. The average Bonchev–Trinajstić information content (AvgIpc) is 3.49. The van der Waals surface area contributed by atoms with Crippen molar-refractivity contribution < 1.29 is 9.53 Å². The van der Waals surface area contributed by atoms with Crippen LogP contribution in [0, 0.1) is 5.92 Å². The summed E-state index contributed by atoms with van der Waals surface area (Å²) in [4.78, 5) is 12.4. The molecule has 4 nitrogen and oxygen atoms in total. The van der Waals surface area contributed by atoms with E-state index in [-0.39, 0.29) is 24.4 Å². The van der Waals surface area contributed by atoms with Crippen LogP contribution in [-0.4, -0.2) is 25.6 Å². The van der Waals surface area contributed by atoms with Gasteiger partial charge >= 0.3 is 0 Å². The standard InChI is InChI=1S/C21H24N2O2.ClH/c24-21(17-7-9-18(10-8-17)25-14-15-5-6-15)23-13-20-19-4-2-1-3-16(19)11-12-22-20;/h1-4,7-10,15,20,22H,5-6,11-14H2,(H,23,24);1H. The Hall–Kier alpha value is -2.04. The second kappa shape index (κ2) is 8.56. The Bertz CT molecular complexity index is 744. The van der Waals surface area contributed by atoms with Gasteiger partial charge < -0.3 is 15.4 Å². The van der Waals surface area contributed by atoms with Crippen LogP contribution in [0.5, 0.6) is 5.75 Å². The highest BCUT2D eigenvalue weighted by molar-refractivity contribution is 5.94. The van der Waals surface area contributed by atoms with Crippen LogP contribution in [0.25, 0.3) is 0 Å². The summed E-state index contributed by atoms with van der Waals surface area (Å²) >= 11 is 0. The van der Waals surface area contributed by atoms with Gasteiger partial charge in [-0.05, 0) is 67.1 Å². The second-order valence-electron chi connectivity index (χ2n) is 6.94. The second-order valence-corrected chi connectivity index (χ2v) is 6.94. The zero-order chi connectivity index (χ0) is 17.1. The van der Waals surface area contributed by atoms with E-state index in [2.05, 4.69) is 34.9 Å². The van der Waals surface area contributed by atoms with Crippen LogP contribution in [0.1, 0.15) is 40.4 Å². The molecule has 2 aliphatic rings.